The van der Waals surface area contributed by atoms with Gasteiger partial charge in [-0.3, -0.25) is 19.8 Å². The van der Waals surface area contributed by atoms with Gasteiger partial charge in [-0.1, -0.05) is 51.2 Å². The SMILES string of the molecule is CC1(C)CCC(CN2CCN(c3ccc(C(=O)NS(=O)(=O)c4ccc(NCC5CCCCC5)c([N+](=O)[O-])c4)c(Oc4cnc5[nH]ccc5c4)c3)CC2)=C(C23CC(C)(C2)C3)C1. The maximum absolute atomic E-state index is 13.9. The molecule has 2 aromatic carbocycles. The minimum Gasteiger partial charge on any atom is -0.455 e. The summed E-state index contributed by atoms with van der Waals surface area (Å²) in [4.78, 5) is 37.4. The van der Waals surface area contributed by atoms with Crippen molar-refractivity contribution in [3.05, 3.63) is 87.7 Å². The molecule has 0 spiro atoms. The number of fused-ring (bicyclic) bond motifs is 1. The first-order chi connectivity index (χ1) is 28.7. The van der Waals surface area contributed by atoms with Gasteiger partial charge in [0.1, 0.15) is 22.8 Å². The van der Waals surface area contributed by atoms with E-state index in [2.05, 4.69) is 50.6 Å². The van der Waals surface area contributed by atoms with Gasteiger partial charge < -0.3 is 19.9 Å². The number of benzene rings is 2. The van der Waals surface area contributed by atoms with Gasteiger partial charge in [0.15, 0.2) is 0 Å². The topological polar surface area (TPSA) is 163 Å². The second-order valence-electron chi connectivity index (χ2n) is 19.4. The Balaban J connectivity index is 0.922. The highest BCUT2D eigenvalue weighted by Gasteiger charge is 2.66. The second-order valence-corrected chi connectivity index (χ2v) is 21.1. The van der Waals surface area contributed by atoms with Crippen LogP contribution in [0.1, 0.15) is 102 Å². The third-order valence-electron chi connectivity index (χ3n) is 14.1. The number of aromatic nitrogens is 2. The zero-order valence-corrected chi connectivity index (χ0v) is 35.8. The molecule has 1 saturated heterocycles. The van der Waals surface area contributed by atoms with E-state index < -0.39 is 20.9 Å². The summed E-state index contributed by atoms with van der Waals surface area (Å²) in [6, 6.07) is 12.5. The standard InChI is InChI=1S/C46H57N7O6S/c1-44(2)15-13-33(38(24-44)46-28-45(3,29-46)30-46)27-51-17-19-52(20-18-51)34-9-11-37(41(22-34)59-35-21-32-14-16-47-42(32)49-26-35)43(54)50-60(57,58)36-10-12-39(40(23-36)53(55)56)48-25-31-7-5-4-6-8-31/h9-12,14,16,21-23,26,31,48H,4-8,13,15,17-20,24-25,27-30H2,1-3H3,(H,47,49)(H,50,54). The smallest absolute Gasteiger partial charge is 0.293 e. The quantitative estimate of drug-likeness (QED) is 0.0673. The van der Waals surface area contributed by atoms with Crippen LogP contribution in [0.4, 0.5) is 17.1 Å². The number of carbonyl (C=O) groups excluding carboxylic acids is 1. The number of piperazine rings is 1. The average molecular weight is 836 g/mol. The maximum Gasteiger partial charge on any atom is 0.293 e. The first kappa shape index (κ1) is 40.5. The Morgan fingerprint density at radius 3 is 2.50 bits per heavy atom. The van der Waals surface area contributed by atoms with Crippen molar-refractivity contribution in [1.82, 2.24) is 19.6 Å². The third kappa shape index (κ3) is 8.12. The molecule has 0 unspecified atom stereocenters. The summed E-state index contributed by atoms with van der Waals surface area (Å²) in [5.41, 5.74) is 6.25. The number of hydrogen-bond acceptors (Lipinski definition) is 10. The number of nitrogens with zero attached hydrogens (tertiary/aromatic N) is 4. The van der Waals surface area contributed by atoms with E-state index >= 15 is 0 Å². The van der Waals surface area contributed by atoms with Crippen LogP contribution in [-0.2, 0) is 10.0 Å². The summed E-state index contributed by atoms with van der Waals surface area (Å²) in [6.07, 6.45) is 16.6. The summed E-state index contributed by atoms with van der Waals surface area (Å²) in [5.74, 6) is 0.0340. The van der Waals surface area contributed by atoms with Crippen LogP contribution in [0.15, 0.2) is 77.0 Å². The van der Waals surface area contributed by atoms with Crippen molar-refractivity contribution >= 4 is 44.0 Å². The maximum atomic E-state index is 13.9. The van der Waals surface area contributed by atoms with Crippen LogP contribution >= 0.6 is 0 Å². The van der Waals surface area contributed by atoms with Crippen LogP contribution in [0.5, 0.6) is 11.5 Å². The van der Waals surface area contributed by atoms with Gasteiger partial charge in [0.05, 0.1) is 21.6 Å². The fourth-order valence-corrected chi connectivity index (χ4v) is 12.0. The number of rotatable bonds is 13. The van der Waals surface area contributed by atoms with Gasteiger partial charge in [-0.05, 0) is 110 Å². The van der Waals surface area contributed by atoms with E-state index in [9.17, 15) is 23.3 Å². The zero-order chi connectivity index (χ0) is 41.9. The molecule has 318 valence electrons. The molecule has 3 N–H and O–H groups in total. The van der Waals surface area contributed by atoms with E-state index in [1.54, 1.807) is 41.7 Å². The molecule has 10 rings (SSSR count). The monoisotopic (exact) mass is 835 g/mol. The van der Waals surface area contributed by atoms with Gasteiger partial charge >= 0.3 is 0 Å². The number of hydrogen-bond donors (Lipinski definition) is 3. The van der Waals surface area contributed by atoms with Gasteiger partial charge in [-0.25, -0.2) is 18.1 Å². The van der Waals surface area contributed by atoms with E-state index in [1.165, 1.54) is 57.1 Å². The fraction of sp³-hybridized carbons (Fsp3) is 0.522. The van der Waals surface area contributed by atoms with Gasteiger partial charge in [-0.2, -0.15) is 0 Å². The van der Waals surface area contributed by atoms with E-state index in [-0.39, 0.29) is 27.6 Å². The average Bonchev–Trinajstić information content (AvgIpc) is 3.68. The van der Waals surface area contributed by atoms with Crippen molar-refractivity contribution in [3.8, 4) is 11.5 Å². The Bertz CT molecular complexity index is 2440. The van der Waals surface area contributed by atoms with Crippen LogP contribution in [0.2, 0.25) is 0 Å². The van der Waals surface area contributed by atoms with Gasteiger partial charge in [0.2, 0.25) is 0 Å². The highest BCUT2D eigenvalue weighted by Crippen LogP contribution is 2.77. The number of nitro groups is 1. The van der Waals surface area contributed by atoms with Gasteiger partial charge in [0, 0.05) is 68.7 Å². The normalized spacial score (nSPS) is 24.4. The molecular formula is C46H57N7O6S. The molecule has 2 bridgehead atoms. The molecule has 1 amide bonds. The van der Waals surface area contributed by atoms with Crippen LogP contribution < -0.4 is 19.7 Å². The number of ether oxygens (including phenoxy) is 1. The highest BCUT2D eigenvalue weighted by molar-refractivity contribution is 7.90. The molecule has 2 aromatic heterocycles. The summed E-state index contributed by atoms with van der Waals surface area (Å²) in [7, 11) is -4.52. The van der Waals surface area contributed by atoms with Crippen LogP contribution in [-0.4, -0.2) is 73.4 Å². The Kier molecular flexibility index (Phi) is 10.5. The zero-order valence-electron chi connectivity index (χ0n) is 35.0. The van der Waals surface area contributed by atoms with E-state index in [1.807, 2.05) is 12.1 Å². The summed E-state index contributed by atoms with van der Waals surface area (Å²) < 4.78 is 35.8. The van der Waals surface area contributed by atoms with Gasteiger partial charge in [-0.15, -0.1) is 0 Å². The predicted octanol–water partition coefficient (Wildman–Crippen LogP) is 9.19. The molecule has 5 fully saturated rings. The number of amides is 1. The van der Waals surface area contributed by atoms with E-state index in [0.29, 0.717) is 40.1 Å². The summed E-state index contributed by atoms with van der Waals surface area (Å²) in [6.45, 7) is 12.3. The lowest BCUT2D eigenvalue weighted by Crippen LogP contribution is -2.61. The molecule has 0 radical (unpaired) electrons. The Morgan fingerprint density at radius 1 is 1.00 bits per heavy atom. The van der Waals surface area contributed by atoms with E-state index in [4.69, 9.17) is 4.74 Å². The third-order valence-corrected chi connectivity index (χ3v) is 15.4. The van der Waals surface area contributed by atoms with Crippen LogP contribution in [0, 0.1) is 32.3 Å². The number of nitro benzene ring substituents is 1. The molecule has 5 aliphatic carbocycles. The summed E-state index contributed by atoms with van der Waals surface area (Å²) >= 11 is 0. The molecule has 13 nitrogen and oxygen atoms in total. The minimum absolute atomic E-state index is 0.00227. The molecule has 14 heteroatoms. The Morgan fingerprint density at radius 2 is 1.77 bits per heavy atom. The van der Waals surface area contributed by atoms with E-state index in [0.717, 1.165) is 75.5 Å². The van der Waals surface area contributed by atoms with Crippen LogP contribution in [0.25, 0.3) is 11.0 Å². The Hall–Kier alpha value is -4.95. The lowest BCUT2D eigenvalue weighted by molar-refractivity contribution is -0.384. The van der Waals surface area contributed by atoms with Crippen LogP contribution in [0.3, 0.4) is 0 Å². The van der Waals surface area contributed by atoms with Crippen molar-refractivity contribution in [2.45, 2.75) is 96.3 Å². The number of allylic oxidation sites excluding steroid dienone is 1. The number of sulfonamides is 1. The number of anilines is 2. The minimum atomic E-state index is -4.52. The molecule has 0 atom stereocenters. The van der Waals surface area contributed by atoms with Crippen molar-refractivity contribution in [2.75, 3.05) is 49.5 Å². The lowest BCUT2D eigenvalue weighted by Gasteiger charge is -2.72. The number of carbonyl (C=O) groups is 1. The molecule has 3 heterocycles. The van der Waals surface area contributed by atoms with Crippen molar-refractivity contribution < 1.29 is 22.9 Å². The molecular weight excluding hydrogens is 779 g/mol. The highest BCUT2D eigenvalue weighted by atomic mass is 32.2. The molecule has 60 heavy (non-hydrogen) atoms. The van der Waals surface area contributed by atoms with Crippen molar-refractivity contribution in [2.24, 2.45) is 22.2 Å². The fourth-order valence-electron chi connectivity index (χ4n) is 11.1. The molecule has 4 aromatic rings. The first-order valence-corrected chi connectivity index (χ1v) is 23.2. The predicted molar refractivity (Wildman–Crippen MR) is 233 cm³/mol. The Labute approximate surface area is 352 Å². The lowest BCUT2D eigenvalue weighted by atomic mass is 9.33. The number of pyridine rings is 1. The number of aromatic amines is 1. The second kappa shape index (κ2) is 15.5. The largest absolute Gasteiger partial charge is 0.455 e. The molecule has 6 aliphatic rings. The summed E-state index contributed by atoms with van der Waals surface area (Å²) in [5, 5.41) is 16.1. The van der Waals surface area contributed by atoms with Crippen molar-refractivity contribution in [3.63, 3.8) is 0 Å². The number of nitrogens with one attached hydrogen (secondary N) is 3. The molecule has 4 saturated carbocycles. The molecule has 1 aliphatic heterocycles. The van der Waals surface area contributed by atoms with Crippen molar-refractivity contribution in [1.29, 1.82) is 0 Å². The van der Waals surface area contributed by atoms with Gasteiger partial charge in [0.25, 0.3) is 21.6 Å². The first-order valence-electron chi connectivity index (χ1n) is 21.7. The number of H-pyrrole nitrogens is 1.